The van der Waals surface area contributed by atoms with Gasteiger partial charge in [-0.1, -0.05) is 12.1 Å². The Morgan fingerprint density at radius 3 is 2.47 bits per heavy atom. The molecule has 1 aliphatic carbocycles. The molecule has 1 amide bonds. The second kappa shape index (κ2) is 4.84. The van der Waals surface area contributed by atoms with Crippen LogP contribution < -0.4 is 10.6 Å². The number of carbonyl (C=O) groups is 1. The van der Waals surface area contributed by atoms with Gasteiger partial charge in [-0.2, -0.15) is 0 Å². The number of amides is 1. The Labute approximate surface area is 100 Å². The lowest BCUT2D eigenvalue weighted by Gasteiger charge is -2.15. The van der Waals surface area contributed by atoms with Gasteiger partial charge in [0.1, 0.15) is 5.82 Å². The minimum absolute atomic E-state index is 0.0550. The molecule has 1 aromatic carbocycles. The number of benzene rings is 1. The predicted octanol–water partition coefficient (Wildman–Crippen LogP) is 1.19. The number of halogens is 1. The van der Waals surface area contributed by atoms with Crippen LogP contribution in [0.4, 0.5) is 4.39 Å². The lowest BCUT2D eigenvalue weighted by Crippen LogP contribution is -2.38. The van der Waals surface area contributed by atoms with Gasteiger partial charge in [0.15, 0.2) is 0 Å². The van der Waals surface area contributed by atoms with Gasteiger partial charge in [0, 0.05) is 13.1 Å². The van der Waals surface area contributed by atoms with Crippen molar-refractivity contribution < 1.29 is 9.18 Å². The van der Waals surface area contributed by atoms with E-state index < -0.39 is 5.41 Å². The lowest BCUT2D eigenvalue weighted by molar-refractivity contribution is -0.123. The zero-order valence-electron chi connectivity index (χ0n) is 9.92. The lowest BCUT2D eigenvalue weighted by atomic mass is 9.95. The van der Waals surface area contributed by atoms with Crippen LogP contribution in [0.1, 0.15) is 18.4 Å². The number of rotatable bonds is 5. The molecule has 0 atom stereocenters. The molecule has 0 radical (unpaired) electrons. The van der Waals surface area contributed by atoms with Crippen molar-refractivity contribution in [3.05, 3.63) is 35.6 Å². The zero-order valence-corrected chi connectivity index (χ0v) is 9.92. The van der Waals surface area contributed by atoms with Crippen LogP contribution in [0.3, 0.4) is 0 Å². The Morgan fingerprint density at radius 1 is 1.29 bits per heavy atom. The number of carbonyl (C=O) groups excluding carboxylic acids is 1. The Kier molecular flexibility index (Phi) is 3.43. The molecular formula is C13H17FN2O. The van der Waals surface area contributed by atoms with Crippen LogP contribution in [0.5, 0.6) is 0 Å². The van der Waals surface area contributed by atoms with E-state index in [0.717, 1.165) is 24.9 Å². The summed E-state index contributed by atoms with van der Waals surface area (Å²) in [5.41, 5.74) is 0.516. The summed E-state index contributed by atoms with van der Waals surface area (Å²) in [7, 11) is 1.85. The summed E-state index contributed by atoms with van der Waals surface area (Å²) in [6, 6.07) is 6.24. The van der Waals surface area contributed by atoms with E-state index in [0.29, 0.717) is 6.54 Å². The van der Waals surface area contributed by atoms with E-state index in [2.05, 4.69) is 10.6 Å². The average molecular weight is 236 g/mol. The molecule has 0 aromatic heterocycles. The van der Waals surface area contributed by atoms with Crippen LogP contribution in [0.15, 0.2) is 24.3 Å². The Hall–Kier alpha value is -1.42. The molecule has 17 heavy (non-hydrogen) atoms. The molecule has 3 nitrogen and oxygen atoms in total. The van der Waals surface area contributed by atoms with Crippen molar-refractivity contribution >= 4 is 5.91 Å². The van der Waals surface area contributed by atoms with Gasteiger partial charge < -0.3 is 10.6 Å². The molecule has 0 unspecified atom stereocenters. The molecule has 0 saturated heterocycles. The summed E-state index contributed by atoms with van der Waals surface area (Å²) in [6.07, 6.45) is 1.70. The van der Waals surface area contributed by atoms with Crippen molar-refractivity contribution in [2.75, 3.05) is 20.1 Å². The Balaban J connectivity index is 2.03. The van der Waals surface area contributed by atoms with Gasteiger partial charge in [0.2, 0.25) is 5.91 Å². The van der Waals surface area contributed by atoms with Crippen molar-refractivity contribution in [3.8, 4) is 0 Å². The van der Waals surface area contributed by atoms with Crippen LogP contribution in [0.25, 0.3) is 0 Å². The second-order valence-corrected chi connectivity index (χ2v) is 4.45. The molecule has 1 aliphatic rings. The SMILES string of the molecule is CNCCNC(=O)C1(c2ccc(F)cc2)CC1. The average Bonchev–Trinajstić information content (AvgIpc) is 3.11. The highest BCUT2D eigenvalue weighted by atomic mass is 19.1. The third-order valence-corrected chi connectivity index (χ3v) is 3.24. The maximum atomic E-state index is 12.8. The van der Waals surface area contributed by atoms with Crippen molar-refractivity contribution in [1.29, 1.82) is 0 Å². The highest BCUT2D eigenvalue weighted by molar-refractivity contribution is 5.91. The minimum Gasteiger partial charge on any atom is -0.354 e. The van der Waals surface area contributed by atoms with E-state index in [1.165, 1.54) is 12.1 Å². The molecule has 0 aliphatic heterocycles. The van der Waals surface area contributed by atoms with Crippen molar-refractivity contribution in [3.63, 3.8) is 0 Å². The molecule has 4 heteroatoms. The molecule has 0 heterocycles. The van der Waals surface area contributed by atoms with E-state index in [9.17, 15) is 9.18 Å². The highest BCUT2D eigenvalue weighted by Crippen LogP contribution is 2.48. The van der Waals surface area contributed by atoms with Gasteiger partial charge >= 0.3 is 0 Å². The van der Waals surface area contributed by atoms with E-state index in [-0.39, 0.29) is 11.7 Å². The van der Waals surface area contributed by atoms with Crippen LogP contribution in [-0.2, 0) is 10.2 Å². The van der Waals surface area contributed by atoms with Gasteiger partial charge in [-0.15, -0.1) is 0 Å². The fourth-order valence-electron chi connectivity index (χ4n) is 2.01. The first-order valence-electron chi connectivity index (χ1n) is 5.88. The fraction of sp³-hybridized carbons (Fsp3) is 0.462. The third kappa shape index (κ3) is 2.47. The van der Waals surface area contributed by atoms with Crippen LogP contribution in [-0.4, -0.2) is 26.0 Å². The summed E-state index contributed by atoms with van der Waals surface area (Å²) in [6.45, 7) is 1.38. The summed E-state index contributed by atoms with van der Waals surface area (Å²) in [4.78, 5) is 12.1. The topological polar surface area (TPSA) is 41.1 Å². The van der Waals surface area contributed by atoms with Crippen LogP contribution >= 0.6 is 0 Å². The minimum atomic E-state index is -0.401. The molecule has 1 aromatic rings. The fourth-order valence-corrected chi connectivity index (χ4v) is 2.01. The largest absolute Gasteiger partial charge is 0.354 e. The molecular weight excluding hydrogens is 219 g/mol. The van der Waals surface area contributed by atoms with Gasteiger partial charge in [0.25, 0.3) is 0 Å². The number of nitrogens with one attached hydrogen (secondary N) is 2. The van der Waals surface area contributed by atoms with Gasteiger partial charge in [-0.25, -0.2) is 4.39 Å². The number of hydrogen-bond donors (Lipinski definition) is 2. The second-order valence-electron chi connectivity index (χ2n) is 4.45. The van der Waals surface area contributed by atoms with E-state index >= 15 is 0 Å². The molecule has 1 fully saturated rings. The molecule has 92 valence electrons. The first-order chi connectivity index (χ1) is 8.19. The molecule has 2 N–H and O–H groups in total. The first kappa shape index (κ1) is 12.0. The standard InChI is InChI=1S/C13H17FN2O/c1-15-8-9-16-12(17)13(6-7-13)10-2-4-11(14)5-3-10/h2-5,15H,6-9H2,1H3,(H,16,17). The van der Waals surface area contributed by atoms with Gasteiger partial charge in [0.05, 0.1) is 5.41 Å². The third-order valence-electron chi connectivity index (χ3n) is 3.24. The normalized spacial score (nSPS) is 16.6. The van der Waals surface area contributed by atoms with Crippen LogP contribution in [0, 0.1) is 5.82 Å². The maximum absolute atomic E-state index is 12.8. The van der Waals surface area contributed by atoms with E-state index in [4.69, 9.17) is 0 Å². The van der Waals surface area contributed by atoms with Crippen molar-refractivity contribution in [1.82, 2.24) is 10.6 Å². The van der Waals surface area contributed by atoms with Crippen LogP contribution in [0.2, 0.25) is 0 Å². The molecule has 0 spiro atoms. The summed E-state index contributed by atoms with van der Waals surface area (Å²) < 4.78 is 12.8. The zero-order chi connectivity index (χ0) is 12.3. The molecule has 1 saturated carbocycles. The molecule has 0 bridgehead atoms. The Morgan fingerprint density at radius 2 is 1.94 bits per heavy atom. The first-order valence-corrected chi connectivity index (χ1v) is 5.88. The maximum Gasteiger partial charge on any atom is 0.230 e. The van der Waals surface area contributed by atoms with Gasteiger partial charge in [-0.3, -0.25) is 4.79 Å². The van der Waals surface area contributed by atoms with Crippen molar-refractivity contribution in [2.45, 2.75) is 18.3 Å². The van der Waals surface area contributed by atoms with Crippen molar-refractivity contribution in [2.24, 2.45) is 0 Å². The highest BCUT2D eigenvalue weighted by Gasteiger charge is 2.50. The quantitative estimate of drug-likeness (QED) is 0.754. The van der Waals surface area contributed by atoms with Gasteiger partial charge in [-0.05, 0) is 37.6 Å². The Bertz CT molecular complexity index is 398. The monoisotopic (exact) mass is 236 g/mol. The predicted molar refractivity (Wildman–Crippen MR) is 64.2 cm³/mol. The molecule has 2 rings (SSSR count). The number of likely N-dealkylation sites (N-methyl/N-ethyl adjacent to an activating group) is 1. The summed E-state index contributed by atoms with van der Waals surface area (Å²) in [5, 5.41) is 5.88. The van der Waals surface area contributed by atoms with E-state index in [1.54, 1.807) is 12.1 Å². The smallest absolute Gasteiger partial charge is 0.230 e. The summed E-state index contributed by atoms with van der Waals surface area (Å²) in [5.74, 6) is -0.209. The number of hydrogen-bond acceptors (Lipinski definition) is 2. The van der Waals surface area contributed by atoms with E-state index in [1.807, 2.05) is 7.05 Å². The summed E-state index contributed by atoms with van der Waals surface area (Å²) >= 11 is 0.